The van der Waals surface area contributed by atoms with Crippen molar-refractivity contribution in [1.82, 2.24) is 20.2 Å². The van der Waals surface area contributed by atoms with Crippen molar-refractivity contribution in [2.75, 3.05) is 0 Å². The molecule has 9 heavy (non-hydrogen) atoms. The lowest BCUT2D eigenvalue weighted by Gasteiger charge is -1.75. The van der Waals surface area contributed by atoms with E-state index in [1.54, 1.807) is 0 Å². The van der Waals surface area contributed by atoms with Gasteiger partial charge in [-0.25, -0.2) is 0 Å². The largest absolute Gasteiger partial charge is 0.424 e. The topological polar surface area (TPSA) is 64.7 Å². The van der Waals surface area contributed by atoms with Gasteiger partial charge >= 0.3 is 0 Å². The van der Waals surface area contributed by atoms with Crippen LogP contribution in [0.4, 0.5) is 0 Å². The Balaban J connectivity index is 2.95. The van der Waals surface area contributed by atoms with Gasteiger partial charge in [0.05, 0.1) is 0 Å². The van der Waals surface area contributed by atoms with Crippen LogP contribution < -0.4 is 0 Å². The Hall–Kier alpha value is -1.52. The van der Waals surface area contributed by atoms with Crippen molar-refractivity contribution in [1.29, 1.82) is 0 Å². The molecule has 2 rings (SSSR count). The van der Waals surface area contributed by atoms with E-state index in [0.29, 0.717) is 11.4 Å². The van der Waals surface area contributed by atoms with E-state index >= 15 is 0 Å². The minimum atomic E-state index is 0.366. The minimum absolute atomic E-state index is 0.366. The molecular formula is C4HN4O. The fourth-order valence-electron chi connectivity index (χ4n) is 0.517. The van der Waals surface area contributed by atoms with E-state index in [9.17, 15) is 0 Å². The Bertz CT molecular complexity index is 287. The van der Waals surface area contributed by atoms with Crippen LogP contribution in [0.3, 0.4) is 0 Å². The number of aromatic nitrogens is 4. The highest BCUT2D eigenvalue weighted by molar-refractivity contribution is 5.59. The molecule has 2 heterocycles. The maximum atomic E-state index is 4.76. The molecule has 0 spiro atoms. The molecular weight excluding hydrogens is 120 g/mol. The molecule has 0 aromatic carbocycles. The molecule has 0 N–H and O–H groups in total. The van der Waals surface area contributed by atoms with Crippen molar-refractivity contribution in [3.8, 4) is 0 Å². The summed E-state index contributed by atoms with van der Waals surface area (Å²) in [6.07, 6.45) is 3.54. The van der Waals surface area contributed by atoms with Gasteiger partial charge in [0.1, 0.15) is 0 Å². The van der Waals surface area contributed by atoms with Crippen molar-refractivity contribution in [3.05, 3.63) is 12.7 Å². The van der Waals surface area contributed by atoms with E-state index in [-0.39, 0.29) is 0 Å². The maximum absolute atomic E-state index is 4.76. The Labute approximate surface area is 49.8 Å². The molecule has 0 fully saturated rings. The first-order chi connectivity index (χ1) is 4.47. The zero-order valence-corrected chi connectivity index (χ0v) is 4.27. The van der Waals surface area contributed by atoms with Crippen LogP contribution in [0.2, 0.25) is 0 Å². The van der Waals surface area contributed by atoms with Crippen molar-refractivity contribution in [2.24, 2.45) is 0 Å². The summed E-state index contributed by atoms with van der Waals surface area (Å²) >= 11 is 0. The molecule has 1 radical (unpaired) electrons. The van der Waals surface area contributed by atoms with Gasteiger partial charge in [-0.05, 0) is 0 Å². The summed E-state index contributed by atoms with van der Waals surface area (Å²) in [7, 11) is 0. The number of rotatable bonds is 0. The quantitative estimate of drug-likeness (QED) is 0.483. The Morgan fingerprint density at radius 1 is 1.56 bits per heavy atom. The molecule has 0 saturated carbocycles. The van der Waals surface area contributed by atoms with Crippen LogP contribution in [0.1, 0.15) is 0 Å². The predicted octanol–water partition coefficient (Wildman–Crippen LogP) is -0.187. The Morgan fingerprint density at radius 2 is 2.56 bits per heavy atom. The Morgan fingerprint density at radius 3 is 3.44 bits per heavy atom. The van der Waals surface area contributed by atoms with E-state index < -0.39 is 0 Å². The van der Waals surface area contributed by atoms with Crippen LogP contribution in [-0.4, -0.2) is 20.2 Å². The molecule has 43 valence electrons. The van der Waals surface area contributed by atoms with Gasteiger partial charge < -0.3 is 4.42 Å². The molecule has 0 amide bonds. The van der Waals surface area contributed by atoms with Crippen molar-refractivity contribution in [2.45, 2.75) is 0 Å². The average Bonchev–Trinajstić information content (AvgIpc) is 2.33. The van der Waals surface area contributed by atoms with Gasteiger partial charge in [0, 0.05) is 0 Å². The van der Waals surface area contributed by atoms with E-state index in [0.717, 1.165) is 0 Å². The highest BCUT2D eigenvalue weighted by atomic mass is 16.3. The number of hydrogen-bond donors (Lipinski definition) is 0. The average molecular weight is 121 g/mol. The maximum Gasteiger partial charge on any atom is 0.270 e. The monoisotopic (exact) mass is 121 g/mol. The molecule has 0 aliphatic carbocycles. The highest BCUT2D eigenvalue weighted by Crippen LogP contribution is 2.00. The summed E-state index contributed by atoms with van der Waals surface area (Å²) in [4.78, 5) is 7.31. The third-order valence-electron chi connectivity index (χ3n) is 0.872. The number of nitrogens with zero attached hydrogens (tertiary/aromatic N) is 4. The second-order valence-corrected chi connectivity index (χ2v) is 1.39. The predicted molar refractivity (Wildman–Crippen MR) is 26.2 cm³/mol. The number of hydrogen-bond acceptors (Lipinski definition) is 5. The number of oxazole rings is 1. The van der Waals surface area contributed by atoms with Crippen molar-refractivity contribution < 1.29 is 4.42 Å². The first-order valence-corrected chi connectivity index (χ1v) is 2.27. The van der Waals surface area contributed by atoms with Crippen LogP contribution in [0.5, 0.6) is 0 Å². The molecule has 2 aromatic rings. The standard InChI is InChI=1S/C4HN4O/c1-5-4-3(8-7-1)6-2-9-4/h2H. The molecule has 5 nitrogen and oxygen atoms in total. The lowest BCUT2D eigenvalue weighted by Crippen LogP contribution is -1.83. The molecule has 0 aliphatic rings. The third-order valence-corrected chi connectivity index (χ3v) is 0.872. The summed E-state index contributed by atoms with van der Waals surface area (Å²) in [5.74, 6) is 0. The van der Waals surface area contributed by atoms with Crippen molar-refractivity contribution in [3.63, 3.8) is 0 Å². The fraction of sp³-hybridized carbons (Fsp3) is 0. The molecule has 0 bridgehead atoms. The van der Waals surface area contributed by atoms with Gasteiger partial charge in [-0.1, -0.05) is 0 Å². The molecule has 2 aromatic heterocycles. The van der Waals surface area contributed by atoms with E-state index in [4.69, 9.17) is 4.42 Å². The Kier molecular flexibility index (Phi) is 0.717. The second kappa shape index (κ2) is 1.48. The third kappa shape index (κ3) is 0.543. The molecule has 0 aliphatic heterocycles. The van der Waals surface area contributed by atoms with Gasteiger partial charge in [0.2, 0.25) is 12.0 Å². The smallest absolute Gasteiger partial charge is 0.270 e. The molecule has 0 saturated heterocycles. The van der Waals surface area contributed by atoms with Gasteiger partial charge in [0.25, 0.3) is 5.71 Å². The van der Waals surface area contributed by atoms with E-state index in [1.807, 2.05) is 0 Å². The van der Waals surface area contributed by atoms with Crippen molar-refractivity contribution >= 4 is 11.4 Å². The molecule has 0 atom stereocenters. The van der Waals surface area contributed by atoms with Crippen LogP contribution in [0.15, 0.2) is 10.8 Å². The fourth-order valence-corrected chi connectivity index (χ4v) is 0.517. The second-order valence-electron chi connectivity index (χ2n) is 1.39. The summed E-state index contributed by atoms with van der Waals surface area (Å²) in [5, 5.41) is 6.94. The molecule has 5 heteroatoms. The first kappa shape index (κ1) is 4.37. The van der Waals surface area contributed by atoms with E-state index in [1.165, 1.54) is 6.39 Å². The highest BCUT2D eigenvalue weighted by Gasteiger charge is 1.96. The molecule has 0 unspecified atom stereocenters. The van der Waals surface area contributed by atoms with Gasteiger partial charge in [-0.2, -0.15) is 9.97 Å². The van der Waals surface area contributed by atoms with Gasteiger partial charge in [-0.3, -0.25) is 0 Å². The van der Waals surface area contributed by atoms with Crippen LogP contribution in [0.25, 0.3) is 11.4 Å². The van der Waals surface area contributed by atoms with Gasteiger partial charge in [-0.15, -0.1) is 10.2 Å². The summed E-state index contributed by atoms with van der Waals surface area (Å²) in [5.41, 5.74) is 0.777. The van der Waals surface area contributed by atoms with Gasteiger partial charge in [0.15, 0.2) is 6.39 Å². The van der Waals surface area contributed by atoms with Crippen LogP contribution >= 0.6 is 0 Å². The zero-order chi connectivity index (χ0) is 6.10. The first-order valence-electron chi connectivity index (χ1n) is 2.27. The van der Waals surface area contributed by atoms with Crippen LogP contribution in [0, 0.1) is 6.33 Å². The SMILES string of the molecule is [c]1nnc2ncoc2n1. The summed E-state index contributed by atoms with van der Waals surface area (Å²) in [6, 6.07) is 0. The summed E-state index contributed by atoms with van der Waals surface area (Å²) in [6.45, 7) is 0. The van der Waals surface area contributed by atoms with E-state index in [2.05, 4.69) is 26.5 Å². The van der Waals surface area contributed by atoms with Crippen LogP contribution in [-0.2, 0) is 0 Å². The lowest BCUT2D eigenvalue weighted by atomic mass is 10.8. The zero-order valence-electron chi connectivity index (χ0n) is 4.27. The lowest BCUT2D eigenvalue weighted by molar-refractivity contribution is 0.589. The minimum Gasteiger partial charge on any atom is -0.424 e. The summed E-state index contributed by atoms with van der Waals surface area (Å²) < 4.78 is 4.76. The normalized spacial score (nSPS) is 10.2. The number of fused-ring (bicyclic) bond motifs is 1.